The van der Waals surface area contributed by atoms with E-state index < -0.39 is 0 Å². The lowest BCUT2D eigenvalue weighted by atomic mass is 9.94. The van der Waals surface area contributed by atoms with E-state index in [9.17, 15) is 4.79 Å². The molecule has 2 aliphatic heterocycles. The number of terminal acetylenes is 1. The molecular weight excluding hydrogens is 440 g/mol. The molecule has 2 N–H and O–H groups in total. The zero-order chi connectivity index (χ0) is 22.1. The number of carbonyl (C=O) groups excluding carboxylic acids is 1. The fourth-order valence-electron chi connectivity index (χ4n) is 4.37. The molecule has 2 aliphatic rings. The standard InChI is InChI=1S/C23H24N6OS2/c1-2-16-11-18-17(6-10-31-18)12-19(16)32-23-27-20-21(24)25-13-26-22(20)29(23)9-5-15-3-7-28(14-30)8-4-15/h1,11-15H,3-10H2,(H2,24,25,26). The number of amides is 1. The number of nitrogens with two attached hydrogens (primary N) is 1. The van der Waals surface area contributed by atoms with Crippen LogP contribution in [-0.4, -0.2) is 49.7 Å². The molecule has 2 aromatic heterocycles. The van der Waals surface area contributed by atoms with Crippen molar-refractivity contribution in [1.82, 2.24) is 24.4 Å². The molecule has 0 aliphatic carbocycles. The van der Waals surface area contributed by atoms with Crippen LogP contribution >= 0.6 is 23.5 Å². The van der Waals surface area contributed by atoms with Crippen molar-refractivity contribution in [2.45, 2.75) is 47.2 Å². The number of imidazole rings is 1. The molecule has 164 valence electrons. The maximum absolute atomic E-state index is 11.0. The van der Waals surface area contributed by atoms with Crippen molar-refractivity contribution in [3.05, 3.63) is 29.6 Å². The highest BCUT2D eigenvalue weighted by Gasteiger charge is 2.22. The molecule has 1 saturated heterocycles. The van der Waals surface area contributed by atoms with E-state index in [1.165, 1.54) is 16.8 Å². The first-order valence-electron chi connectivity index (χ1n) is 10.8. The number of nitrogens with zero attached hydrogens (tertiary/aromatic N) is 5. The summed E-state index contributed by atoms with van der Waals surface area (Å²) in [6, 6.07) is 4.33. The fraction of sp³-hybridized carbons (Fsp3) is 0.391. The van der Waals surface area contributed by atoms with Crippen LogP contribution in [0.15, 0.2) is 33.4 Å². The molecule has 5 rings (SSSR count). The van der Waals surface area contributed by atoms with Gasteiger partial charge < -0.3 is 15.2 Å². The van der Waals surface area contributed by atoms with Gasteiger partial charge in [0, 0.05) is 40.7 Å². The predicted octanol–water partition coefficient (Wildman–Crippen LogP) is 3.45. The average Bonchev–Trinajstić information content (AvgIpc) is 3.42. The third-order valence-corrected chi connectivity index (χ3v) is 8.38. The number of piperidine rings is 1. The van der Waals surface area contributed by atoms with Gasteiger partial charge in [-0.25, -0.2) is 15.0 Å². The molecule has 0 atom stereocenters. The molecule has 0 unspecified atom stereocenters. The fourth-order valence-corrected chi connectivity index (χ4v) is 6.51. The number of likely N-dealkylation sites (tertiary alicyclic amines) is 1. The van der Waals surface area contributed by atoms with Crippen molar-refractivity contribution in [3.8, 4) is 12.3 Å². The van der Waals surface area contributed by atoms with Gasteiger partial charge in [-0.05, 0) is 49.3 Å². The van der Waals surface area contributed by atoms with Crippen molar-refractivity contribution in [2.75, 3.05) is 24.6 Å². The molecule has 0 bridgehead atoms. The Balaban J connectivity index is 1.45. The van der Waals surface area contributed by atoms with E-state index >= 15 is 0 Å². The highest BCUT2D eigenvalue weighted by atomic mass is 32.2. The summed E-state index contributed by atoms with van der Waals surface area (Å²) < 4.78 is 2.15. The van der Waals surface area contributed by atoms with Gasteiger partial charge in [0.15, 0.2) is 22.1 Å². The molecule has 0 spiro atoms. The first kappa shape index (κ1) is 21.2. The second-order valence-electron chi connectivity index (χ2n) is 8.15. The normalized spacial score (nSPS) is 16.3. The van der Waals surface area contributed by atoms with Crippen LogP contribution in [0.3, 0.4) is 0 Å². The van der Waals surface area contributed by atoms with Gasteiger partial charge in [-0.1, -0.05) is 17.7 Å². The highest BCUT2D eigenvalue weighted by molar-refractivity contribution is 8.00. The van der Waals surface area contributed by atoms with E-state index in [1.807, 2.05) is 16.7 Å². The molecule has 32 heavy (non-hydrogen) atoms. The Morgan fingerprint density at radius 3 is 2.94 bits per heavy atom. The van der Waals surface area contributed by atoms with Gasteiger partial charge in [0.2, 0.25) is 6.41 Å². The van der Waals surface area contributed by atoms with Crippen LogP contribution in [0.4, 0.5) is 5.82 Å². The molecule has 3 aromatic rings. The van der Waals surface area contributed by atoms with E-state index in [0.29, 0.717) is 17.3 Å². The number of thioether (sulfide) groups is 1. The number of anilines is 1. The number of nitrogen functional groups attached to an aromatic ring is 1. The van der Waals surface area contributed by atoms with Gasteiger partial charge in [-0.2, -0.15) is 0 Å². The molecule has 0 saturated carbocycles. The van der Waals surface area contributed by atoms with Crippen LogP contribution in [0.25, 0.3) is 11.2 Å². The van der Waals surface area contributed by atoms with Crippen LogP contribution in [0, 0.1) is 18.3 Å². The highest BCUT2D eigenvalue weighted by Crippen LogP contribution is 2.39. The number of aromatic nitrogens is 4. The van der Waals surface area contributed by atoms with Crippen LogP contribution in [0.5, 0.6) is 0 Å². The zero-order valence-electron chi connectivity index (χ0n) is 17.7. The number of rotatable bonds is 6. The van der Waals surface area contributed by atoms with Crippen molar-refractivity contribution in [2.24, 2.45) is 5.92 Å². The lowest BCUT2D eigenvalue weighted by Crippen LogP contribution is -2.32. The SMILES string of the molecule is C#Cc1cc2c(cc1Sc1nc3c(N)ncnc3n1CCC1CCN(C=O)CC1)CCS2. The summed E-state index contributed by atoms with van der Waals surface area (Å²) in [5, 5.41) is 0.833. The number of hydrogen-bond acceptors (Lipinski definition) is 7. The summed E-state index contributed by atoms with van der Waals surface area (Å²) in [4.78, 5) is 28.6. The Labute approximate surface area is 195 Å². The van der Waals surface area contributed by atoms with Gasteiger partial charge in [0.1, 0.15) is 6.33 Å². The topological polar surface area (TPSA) is 89.9 Å². The second kappa shape index (κ2) is 9.04. The Kier molecular flexibility index (Phi) is 5.98. The third-order valence-electron chi connectivity index (χ3n) is 6.23. The number of carbonyl (C=O) groups is 1. The van der Waals surface area contributed by atoms with Crippen molar-refractivity contribution < 1.29 is 4.79 Å². The molecular formula is C23H24N6OS2. The number of benzene rings is 1. The maximum atomic E-state index is 11.0. The Hall–Kier alpha value is -2.70. The molecule has 1 amide bonds. The van der Waals surface area contributed by atoms with Crippen LogP contribution < -0.4 is 5.73 Å². The van der Waals surface area contributed by atoms with Gasteiger partial charge >= 0.3 is 0 Å². The van der Waals surface area contributed by atoms with E-state index in [0.717, 1.165) is 78.7 Å². The van der Waals surface area contributed by atoms with Gasteiger partial charge in [-0.15, -0.1) is 18.2 Å². The smallest absolute Gasteiger partial charge is 0.209 e. The van der Waals surface area contributed by atoms with Crippen LogP contribution in [-0.2, 0) is 17.8 Å². The minimum Gasteiger partial charge on any atom is -0.382 e. The molecule has 1 aromatic carbocycles. The monoisotopic (exact) mass is 464 g/mol. The third kappa shape index (κ3) is 4.05. The summed E-state index contributed by atoms with van der Waals surface area (Å²) in [5.74, 6) is 4.90. The molecule has 0 radical (unpaired) electrons. The number of aryl methyl sites for hydroxylation is 2. The first-order chi connectivity index (χ1) is 15.7. The van der Waals surface area contributed by atoms with Crippen LogP contribution in [0.1, 0.15) is 30.4 Å². The van der Waals surface area contributed by atoms with Gasteiger partial charge in [-0.3, -0.25) is 4.79 Å². The molecule has 1 fully saturated rings. The summed E-state index contributed by atoms with van der Waals surface area (Å²) >= 11 is 3.44. The lowest BCUT2D eigenvalue weighted by molar-refractivity contribution is -0.119. The van der Waals surface area contributed by atoms with Gasteiger partial charge in [0.05, 0.1) is 0 Å². The van der Waals surface area contributed by atoms with Crippen LogP contribution in [0.2, 0.25) is 0 Å². The Bertz CT molecular complexity index is 1210. The summed E-state index contributed by atoms with van der Waals surface area (Å²) in [5.41, 5.74) is 9.74. The largest absolute Gasteiger partial charge is 0.382 e. The number of fused-ring (bicyclic) bond motifs is 2. The Morgan fingerprint density at radius 2 is 2.16 bits per heavy atom. The zero-order valence-corrected chi connectivity index (χ0v) is 19.3. The van der Waals surface area contributed by atoms with Gasteiger partial charge in [0.25, 0.3) is 0 Å². The minimum absolute atomic E-state index is 0.386. The van der Waals surface area contributed by atoms with Crippen molar-refractivity contribution in [1.29, 1.82) is 0 Å². The second-order valence-corrected chi connectivity index (χ2v) is 10.3. The van der Waals surface area contributed by atoms with E-state index in [-0.39, 0.29) is 0 Å². The molecule has 4 heterocycles. The van der Waals surface area contributed by atoms with E-state index in [2.05, 4.69) is 32.6 Å². The lowest BCUT2D eigenvalue weighted by Gasteiger charge is -2.29. The average molecular weight is 465 g/mol. The minimum atomic E-state index is 0.386. The summed E-state index contributed by atoms with van der Waals surface area (Å²) in [6.07, 6.45) is 12.4. The molecule has 9 heteroatoms. The maximum Gasteiger partial charge on any atom is 0.209 e. The summed E-state index contributed by atoms with van der Waals surface area (Å²) in [6.45, 7) is 2.44. The van der Waals surface area contributed by atoms with E-state index in [4.69, 9.17) is 17.1 Å². The van der Waals surface area contributed by atoms with Crippen molar-refractivity contribution >= 4 is 46.9 Å². The summed E-state index contributed by atoms with van der Waals surface area (Å²) in [7, 11) is 0. The first-order valence-corrected chi connectivity index (χ1v) is 12.6. The quantitative estimate of drug-likeness (QED) is 0.441. The van der Waals surface area contributed by atoms with Crippen molar-refractivity contribution in [3.63, 3.8) is 0 Å². The Morgan fingerprint density at radius 1 is 1.31 bits per heavy atom. The predicted molar refractivity (Wildman–Crippen MR) is 128 cm³/mol. The van der Waals surface area contributed by atoms with E-state index in [1.54, 1.807) is 11.8 Å². The molecule has 7 nitrogen and oxygen atoms in total. The number of hydrogen-bond donors (Lipinski definition) is 1.